The highest BCUT2D eigenvalue weighted by atomic mass is 35.5. The largest absolute Gasteiger partial charge is 0.493 e. The molecule has 0 saturated carbocycles. The third kappa shape index (κ3) is 3.28. The smallest absolute Gasteiger partial charge is 0.281 e. The average molecular weight is 365 g/mol. The zero-order valence-electron chi connectivity index (χ0n) is 13.2. The predicted octanol–water partition coefficient (Wildman–Crippen LogP) is 5.04. The van der Waals surface area contributed by atoms with E-state index in [2.05, 4.69) is 10.2 Å². The van der Waals surface area contributed by atoms with Crippen molar-refractivity contribution >= 4 is 34.6 Å². The molecule has 0 saturated heterocycles. The van der Waals surface area contributed by atoms with Crippen LogP contribution >= 0.6 is 23.2 Å². The van der Waals surface area contributed by atoms with E-state index in [-0.39, 0.29) is 28.7 Å². The van der Waals surface area contributed by atoms with Crippen LogP contribution in [0, 0.1) is 18.3 Å². The predicted molar refractivity (Wildman–Crippen MR) is 92.8 cm³/mol. The summed E-state index contributed by atoms with van der Waals surface area (Å²) in [5, 5.41) is 28.0. The summed E-state index contributed by atoms with van der Waals surface area (Å²) in [5.74, 6) is -0.372. The van der Waals surface area contributed by atoms with Crippen LogP contribution in [-0.4, -0.2) is 9.67 Å². The lowest BCUT2D eigenvalue weighted by atomic mass is 10.1. The summed E-state index contributed by atoms with van der Waals surface area (Å²) in [6, 6.07) is 6.22. The fourth-order valence-electron chi connectivity index (χ4n) is 2.16. The van der Waals surface area contributed by atoms with E-state index in [0.717, 1.165) is 4.57 Å². The Labute approximate surface area is 148 Å². The minimum atomic E-state index is -0.525. The van der Waals surface area contributed by atoms with Crippen LogP contribution < -0.4 is 5.56 Å². The van der Waals surface area contributed by atoms with Crippen LogP contribution in [0.2, 0.25) is 10.0 Å². The highest BCUT2D eigenvalue weighted by molar-refractivity contribution is 6.42. The number of benzene rings is 1. The maximum atomic E-state index is 12.6. The Morgan fingerprint density at radius 3 is 2.46 bits per heavy atom. The monoisotopic (exact) mass is 364 g/mol. The SMILES string of the molecule is Cc1c(C#N)c(O)n(C(C)C)c(=O)c1N=Nc1ccc(Cl)c(Cl)c1. The molecule has 1 heterocycles. The Balaban J connectivity index is 2.64. The number of hydrogen-bond donors (Lipinski definition) is 1. The average Bonchev–Trinajstić information content (AvgIpc) is 2.50. The zero-order chi connectivity index (χ0) is 18.0. The van der Waals surface area contributed by atoms with Crippen LogP contribution in [0.5, 0.6) is 5.88 Å². The van der Waals surface area contributed by atoms with E-state index in [1.807, 2.05) is 6.07 Å². The Morgan fingerprint density at radius 1 is 1.25 bits per heavy atom. The molecule has 6 nitrogen and oxygen atoms in total. The van der Waals surface area contributed by atoms with Crippen molar-refractivity contribution < 1.29 is 5.11 Å². The van der Waals surface area contributed by atoms with E-state index >= 15 is 0 Å². The van der Waals surface area contributed by atoms with Gasteiger partial charge in [-0.05, 0) is 39.0 Å². The van der Waals surface area contributed by atoms with E-state index in [4.69, 9.17) is 23.2 Å². The third-order valence-electron chi connectivity index (χ3n) is 3.40. The van der Waals surface area contributed by atoms with Crippen LogP contribution in [0.25, 0.3) is 0 Å². The first-order chi connectivity index (χ1) is 11.3. The van der Waals surface area contributed by atoms with Crippen molar-refractivity contribution in [3.05, 3.63) is 49.7 Å². The Kier molecular flexibility index (Phi) is 5.27. The molecular weight excluding hydrogens is 351 g/mol. The molecule has 2 rings (SSSR count). The first kappa shape index (κ1) is 18.0. The number of hydrogen-bond acceptors (Lipinski definition) is 5. The number of pyridine rings is 1. The van der Waals surface area contributed by atoms with Gasteiger partial charge in [0.2, 0.25) is 5.88 Å². The van der Waals surface area contributed by atoms with Crippen molar-refractivity contribution in [3.63, 3.8) is 0 Å². The summed E-state index contributed by atoms with van der Waals surface area (Å²) in [4.78, 5) is 12.6. The van der Waals surface area contributed by atoms with Gasteiger partial charge < -0.3 is 5.11 Å². The summed E-state index contributed by atoms with van der Waals surface area (Å²) >= 11 is 11.8. The van der Waals surface area contributed by atoms with E-state index in [0.29, 0.717) is 15.7 Å². The van der Waals surface area contributed by atoms with Crippen molar-refractivity contribution in [2.45, 2.75) is 26.8 Å². The molecule has 1 aromatic heterocycles. The Morgan fingerprint density at radius 2 is 1.92 bits per heavy atom. The van der Waals surface area contributed by atoms with Gasteiger partial charge >= 0.3 is 0 Å². The second kappa shape index (κ2) is 7.04. The molecule has 0 spiro atoms. The van der Waals surface area contributed by atoms with E-state index in [9.17, 15) is 15.2 Å². The topological polar surface area (TPSA) is 90.7 Å². The van der Waals surface area contributed by atoms with Gasteiger partial charge in [0, 0.05) is 11.6 Å². The van der Waals surface area contributed by atoms with Gasteiger partial charge in [-0.15, -0.1) is 5.11 Å². The first-order valence-electron chi connectivity index (χ1n) is 7.02. The minimum Gasteiger partial charge on any atom is -0.493 e. The number of nitriles is 1. The molecule has 1 N–H and O–H groups in total. The number of nitrogens with zero attached hydrogens (tertiary/aromatic N) is 4. The fraction of sp³-hybridized carbons (Fsp3) is 0.250. The number of rotatable bonds is 3. The molecular formula is C16H14Cl2N4O2. The summed E-state index contributed by atoms with van der Waals surface area (Å²) < 4.78 is 1.11. The molecule has 0 aliphatic heterocycles. The first-order valence-corrected chi connectivity index (χ1v) is 7.78. The Bertz CT molecular complexity index is 927. The number of aromatic nitrogens is 1. The maximum Gasteiger partial charge on any atom is 0.281 e. The van der Waals surface area contributed by atoms with Gasteiger partial charge in [0.15, 0.2) is 5.69 Å². The molecule has 24 heavy (non-hydrogen) atoms. The molecule has 0 radical (unpaired) electrons. The highest BCUT2D eigenvalue weighted by Crippen LogP contribution is 2.30. The molecule has 0 atom stereocenters. The van der Waals surface area contributed by atoms with Crippen molar-refractivity contribution in [1.82, 2.24) is 4.57 Å². The van der Waals surface area contributed by atoms with Gasteiger partial charge in [0.1, 0.15) is 11.6 Å². The lowest BCUT2D eigenvalue weighted by Crippen LogP contribution is -2.23. The molecule has 1 aromatic carbocycles. The van der Waals surface area contributed by atoms with Crippen LogP contribution in [0.1, 0.15) is 31.0 Å². The Hall–Kier alpha value is -2.36. The van der Waals surface area contributed by atoms with Crippen molar-refractivity contribution in [1.29, 1.82) is 5.26 Å². The van der Waals surface area contributed by atoms with Crippen LogP contribution in [-0.2, 0) is 0 Å². The van der Waals surface area contributed by atoms with Crippen molar-refractivity contribution in [3.8, 4) is 11.9 Å². The lowest BCUT2D eigenvalue weighted by molar-refractivity contribution is 0.386. The van der Waals surface area contributed by atoms with Gasteiger partial charge in [-0.25, -0.2) is 0 Å². The summed E-state index contributed by atoms with van der Waals surface area (Å²) in [5.41, 5.74) is 0.130. The van der Waals surface area contributed by atoms with Crippen molar-refractivity contribution in [2.75, 3.05) is 0 Å². The van der Waals surface area contributed by atoms with E-state index in [1.54, 1.807) is 26.0 Å². The van der Waals surface area contributed by atoms with E-state index < -0.39 is 5.56 Å². The number of aromatic hydroxyl groups is 1. The molecule has 2 aromatic rings. The zero-order valence-corrected chi connectivity index (χ0v) is 14.7. The van der Waals surface area contributed by atoms with Gasteiger partial charge in [-0.2, -0.15) is 10.4 Å². The molecule has 0 aliphatic carbocycles. The second-order valence-corrected chi connectivity index (χ2v) is 6.17. The summed E-state index contributed by atoms with van der Waals surface area (Å²) in [6.07, 6.45) is 0. The van der Waals surface area contributed by atoms with Crippen LogP contribution in [0.15, 0.2) is 33.2 Å². The van der Waals surface area contributed by atoms with E-state index in [1.165, 1.54) is 13.0 Å². The lowest BCUT2D eigenvalue weighted by Gasteiger charge is -2.15. The molecule has 124 valence electrons. The minimum absolute atomic E-state index is 0.00797. The molecule has 0 unspecified atom stereocenters. The summed E-state index contributed by atoms with van der Waals surface area (Å²) in [6.45, 7) is 4.97. The second-order valence-electron chi connectivity index (χ2n) is 5.35. The normalized spacial score (nSPS) is 11.2. The van der Waals surface area contributed by atoms with Gasteiger partial charge in [-0.3, -0.25) is 9.36 Å². The molecule has 0 fully saturated rings. The summed E-state index contributed by atoms with van der Waals surface area (Å²) in [7, 11) is 0. The maximum absolute atomic E-state index is 12.6. The molecule has 0 amide bonds. The standard InChI is InChI=1S/C16H14Cl2N4O2/c1-8(2)22-15(23)11(7-19)9(3)14(16(22)24)21-20-10-4-5-12(17)13(18)6-10/h4-6,8,23H,1-3H3. The number of halogens is 2. The van der Waals surface area contributed by atoms with Gasteiger partial charge in [0.25, 0.3) is 5.56 Å². The van der Waals surface area contributed by atoms with Gasteiger partial charge in [-0.1, -0.05) is 23.2 Å². The van der Waals surface area contributed by atoms with Crippen molar-refractivity contribution in [2.24, 2.45) is 10.2 Å². The number of azo groups is 1. The quantitative estimate of drug-likeness (QED) is 0.773. The van der Waals surface area contributed by atoms with Gasteiger partial charge in [0.05, 0.1) is 15.7 Å². The molecule has 0 bridgehead atoms. The third-order valence-corrected chi connectivity index (χ3v) is 4.14. The molecule has 0 aliphatic rings. The molecule has 8 heteroatoms. The fourth-order valence-corrected chi connectivity index (χ4v) is 2.46. The highest BCUT2D eigenvalue weighted by Gasteiger charge is 2.20. The van der Waals surface area contributed by atoms with Crippen LogP contribution in [0.3, 0.4) is 0 Å². The van der Waals surface area contributed by atoms with Crippen LogP contribution in [0.4, 0.5) is 11.4 Å².